The van der Waals surface area contributed by atoms with Crippen molar-refractivity contribution < 1.29 is 4.39 Å². The minimum absolute atomic E-state index is 0.538. The minimum atomic E-state index is -0.694. The molecule has 0 aromatic carbocycles. The smallest absolute Gasteiger partial charge is 0.312 e. The van der Waals surface area contributed by atoms with Crippen molar-refractivity contribution >= 4 is 17.0 Å². The SMILES string of the molecule is CN1CCN(c2nc(F)nc3c2ncn3C)CC1. The van der Waals surface area contributed by atoms with Gasteiger partial charge in [-0.25, -0.2) is 4.98 Å². The highest BCUT2D eigenvalue weighted by molar-refractivity contribution is 5.83. The second kappa shape index (κ2) is 4.16. The summed E-state index contributed by atoms with van der Waals surface area (Å²) >= 11 is 0. The van der Waals surface area contributed by atoms with Crippen LogP contribution in [0.15, 0.2) is 6.33 Å². The van der Waals surface area contributed by atoms with E-state index in [0.29, 0.717) is 17.0 Å². The molecule has 1 saturated heterocycles. The maximum absolute atomic E-state index is 13.5. The number of piperazine rings is 1. The molecule has 6 nitrogen and oxygen atoms in total. The third kappa shape index (κ3) is 1.80. The van der Waals surface area contributed by atoms with Gasteiger partial charge in [-0.05, 0) is 7.05 Å². The summed E-state index contributed by atoms with van der Waals surface area (Å²) in [5, 5.41) is 0. The van der Waals surface area contributed by atoms with Gasteiger partial charge in [0.05, 0.1) is 6.33 Å². The third-order valence-corrected chi connectivity index (χ3v) is 3.32. The molecule has 96 valence electrons. The molecule has 0 saturated carbocycles. The molecule has 0 bridgehead atoms. The van der Waals surface area contributed by atoms with Crippen LogP contribution < -0.4 is 4.90 Å². The van der Waals surface area contributed by atoms with Gasteiger partial charge < -0.3 is 14.4 Å². The van der Waals surface area contributed by atoms with Crippen LogP contribution >= 0.6 is 0 Å². The van der Waals surface area contributed by atoms with Crippen LogP contribution in [0.5, 0.6) is 0 Å². The summed E-state index contributed by atoms with van der Waals surface area (Å²) in [6.07, 6.45) is 0.943. The molecule has 1 aliphatic rings. The predicted octanol–water partition coefficient (Wildman–Crippen LogP) is 0.254. The molecule has 18 heavy (non-hydrogen) atoms. The summed E-state index contributed by atoms with van der Waals surface area (Å²) in [5.74, 6) is 0.603. The summed E-state index contributed by atoms with van der Waals surface area (Å²) < 4.78 is 15.2. The van der Waals surface area contributed by atoms with Gasteiger partial charge in [0.15, 0.2) is 17.0 Å². The number of fused-ring (bicyclic) bond motifs is 1. The second-order valence-electron chi connectivity index (χ2n) is 4.63. The van der Waals surface area contributed by atoms with Crippen LogP contribution in [0.1, 0.15) is 0 Å². The number of hydrogen-bond acceptors (Lipinski definition) is 5. The number of likely N-dealkylation sites (N-methyl/N-ethyl adjacent to an activating group) is 1. The summed E-state index contributed by atoms with van der Waals surface area (Å²) in [6, 6.07) is 0. The Kier molecular flexibility index (Phi) is 2.62. The quantitative estimate of drug-likeness (QED) is 0.679. The monoisotopic (exact) mass is 250 g/mol. The van der Waals surface area contributed by atoms with Gasteiger partial charge >= 0.3 is 6.08 Å². The topological polar surface area (TPSA) is 50.1 Å². The van der Waals surface area contributed by atoms with Gasteiger partial charge in [0.1, 0.15) is 0 Å². The molecule has 1 aliphatic heterocycles. The van der Waals surface area contributed by atoms with E-state index < -0.39 is 6.08 Å². The van der Waals surface area contributed by atoms with E-state index >= 15 is 0 Å². The van der Waals surface area contributed by atoms with Gasteiger partial charge in [0.2, 0.25) is 0 Å². The lowest BCUT2D eigenvalue weighted by atomic mass is 10.3. The number of aryl methyl sites for hydroxylation is 1. The minimum Gasteiger partial charge on any atom is -0.352 e. The Labute approximate surface area is 104 Å². The summed E-state index contributed by atoms with van der Waals surface area (Å²) in [4.78, 5) is 16.3. The molecule has 3 heterocycles. The molecule has 0 N–H and O–H groups in total. The maximum Gasteiger partial charge on any atom is 0.312 e. The van der Waals surface area contributed by atoms with Crippen LogP contribution in [-0.2, 0) is 7.05 Å². The zero-order chi connectivity index (χ0) is 12.7. The number of anilines is 1. The van der Waals surface area contributed by atoms with E-state index in [1.165, 1.54) is 0 Å². The van der Waals surface area contributed by atoms with Crippen molar-refractivity contribution in [2.24, 2.45) is 7.05 Å². The summed E-state index contributed by atoms with van der Waals surface area (Å²) in [5.41, 5.74) is 1.21. The molecule has 2 aromatic rings. The largest absolute Gasteiger partial charge is 0.352 e. The zero-order valence-corrected chi connectivity index (χ0v) is 10.5. The van der Waals surface area contributed by atoms with Gasteiger partial charge in [-0.3, -0.25) is 0 Å². The first-order valence-electron chi connectivity index (χ1n) is 5.93. The number of nitrogens with zero attached hydrogens (tertiary/aromatic N) is 6. The van der Waals surface area contributed by atoms with Crippen LogP contribution in [0.2, 0.25) is 0 Å². The first-order valence-corrected chi connectivity index (χ1v) is 5.93. The van der Waals surface area contributed by atoms with E-state index in [9.17, 15) is 4.39 Å². The van der Waals surface area contributed by atoms with E-state index in [2.05, 4.69) is 31.8 Å². The summed E-state index contributed by atoms with van der Waals surface area (Å²) in [6.45, 7) is 3.55. The number of hydrogen-bond donors (Lipinski definition) is 0. The Morgan fingerprint density at radius 3 is 2.56 bits per heavy atom. The number of rotatable bonds is 1. The molecule has 0 spiro atoms. The van der Waals surface area contributed by atoms with Crippen LogP contribution in [-0.4, -0.2) is 57.6 Å². The van der Waals surface area contributed by atoms with E-state index in [-0.39, 0.29) is 0 Å². The lowest BCUT2D eigenvalue weighted by molar-refractivity contribution is 0.312. The molecular formula is C11H15FN6. The molecule has 3 rings (SSSR count). The molecule has 1 fully saturated rings. The standard InChI is InChI=1S/C11H15FN6/c1-16-3-5-18(6-4-16)10-8-9(14-11(12)15-10)17(2)7-13-8/h7H,3-6H2,1-2H3. The predicted molar refractivity (Wildman–Crippen MR) is 66.0 cm³/mol. The molecule has 0 atom stereocenters. The summed E-state index contributed by atoms with van der Waals surface area (Å²) in [7, 11) is 3.88. The van der Waals surface area contributed by atoms with Gasteiger partial charge in [-0.2, -0.15) is 14.4 Å². The highest BCUT2D eigenvalue weighted by atomic mass is 19.1. The van der Waals surface area contributed by atoms with Crippen molar-refractivity contribution in [2.75, 3.05) is 38.1 Å². The van der Waals surface area contributed by atoms with Crippen LogP contribution in [0, 0.1) is 6.08 Å². The third-order valence-electron chi connectivity index (χ3n) is 3.32. The number of aromatic nitrogens is 4. The van der Waals surface area contributed by atoms with Crippen molar-refractivity contribution in [3.05, 3.63) is 12.4 Å². The molecule has 0 amide bonds. The van der Waals surface area contributed by atoms with Crippen LogP contribution in [0.3, 0.4) is 0 Å². The van der Waals surface area contributed by atoms with E-state index in [1.54, 1.807) is 17.9 Å². The first kappa shape index (κ1) is 11.3. The van der Waals surface area contributed by atoms with Crippen molar-refractivity contribution in [2.45, 2.75) is 0 Å². The maximum atomic E-state index is 13.5. The average molecular weight is 250 g/mol. The van der Waals surface area contributed by atoms with E-state index in [1.807, 2.05) is 0 Å². The second-order valence-corrected chi connectivity index (χ2v) is 4.63. The fourth-order valence-corrected chi connectivity index (χ4v) is 2.20. The average Bonchev–Trinajstić information content (AvgIpc) is 2.71. The van der Waals surface area contributed by atoms with Crippen LogP contribution in [0.25, 0.3) is 11.2 Å². The lowest BCUT2D eigenvalue weighted by Gasteiger charge is -2.33. The molecule has 0 aliphatic carbocycles. The Morgan fingerprint density at radius 1 is 1.11 bits per heavy atom. The highest BCUT2D eigenvalue weighted by Gasteiger charge is 2.21. The fourth-order valence-electron chi connectivity index (χ4n) is 2.20. The van der Waals surface area contributed by atoms with Gasteiger partial charge in [0, 0.05) is 33.2 Å². The molecule has 7 heteroatoms. The molecule has 2 aromatic heterocycles. The highest BCUT2D eigenvalue weighted by Crippen LogP contribution is 2.22. The fraction of sp³-hybridized carbons (Fsp3) is 0.545. The van der Waals surface area contributed by atoms with Crippen molar-refractivity contribution in [3.8, 4) is 0 Å². The number of halogens is 1. The Hall–Kier alpha value is -1.76. The Morgan fingerprint density at radius 2 is 1.83 bits per heavy atom. The van der Waals surface area contributed by atoms with Crippen molar-refractivity contribution in [1.82, 2.24) is 24.4 Å². The Balaban J connectivity index is 2.05. The van der Waals surface area contributed by atoms with Crippen molar-refractivity contribution in [3.63, 3.8) is 0 Å². The van der Waals surface area contributed by atoms with Gasteiger partial charge in [0.25, 0.3) is 0 Å². The van der Waals surface area contributed by atoms with Crippen LogP contribution in [0.4, 0.5) is 10.2 Å². The normalized spacial score (nSPS) is 17.6. The number of imidazole rings is 1. The molecular weight excluding hydrogens is 235 g/mol. The molecule has 0 radical (unpaired) electrons. The van der Waals surface area contributed by atoms with Gasteiger partial charge in [-0.1, -0.05) is 0 Å². The lowest BCUT2D eigenvalue weighted by Crippen LogP contribution is -2.45. The first-order chi connectivity index (χ1) is 8.65. The molecule has 0 unspecified atom stereocenters. The Bertz CT molecular complexity index is 572. The van der Waals surface area contributed by atoms with Crippen molar-refractivity contribution in [1.29, 1.82) is 0 Å². The zero-order valence-electron chi connectivity index (χ0n) is 10.5. The van der Waals surface area contributed by atoms with E-state index in [0.717, 1.165) is 26.2 Å². The van der Waals surface area contributed by atoms with Gasteiger partial charge in [-0.15, -0.1) is 0 Å². The van der Waals surface area contributed by atoms with E-state index in [4.69, 9.17) is 0 Å².